The van der Waals surface area contributed by atoms with Crippen LogP contribution in [0.1, 0.15) is 36.7 Å². The molecular weight excluding hydrogens is 310 g/mol. The number of carbonyl (C=O) groups is 1. The molecule has 2 heterocycles. The van der Waals surface area contributed by atoms with E-state index in [0.29, 0.717) is 13.0 Å². The van der Waals surface area contributed by atoms with Gasteiger partial charge in [0.25, 0.3) is 0 Å². The molecular formula is C21H21N3O. The maximum absolute atomic E-state index is 12.5. The molecule has 1 aromatic heterocycles. The summed E-state index contributed by atoms with van der Waals surface area (Å²) in [7, 11) is 0. The first-order valence-electron chi connectivity index (χ1n) is 8.75. The van der Waals surface area contributed by atoms with Gasteiger partial charge in [0.1, 0.15) is 5.82 Å². The van der Waals surface area contributed by atoms with Crippen LogP contribution in [-0.2, 0) is 11.3 Å². The van der Waals surface area contributed by atoms with E-state index in [-0.39, 0.29) is 11.9 Å². The fraction of sp³-hybridized carbons (Fsp3) is 0.238. The molecule has 1 saturated heterocycles. The molecule has 0 bridgehead atoms. The standard InChI is InChI=1S/C21H21N3O/c25-20-13-7-12-19(24(20)15-16-8-3-1-4-9-16)21-22-14-18(23-21)17-10-5-2-6-11-17/h1-6,8-11,14,19H,7,12-13,15H2,(H,22,23). The van der Waals surface area contributed by atoms with Crippen molar-refractivity contribution in [1.82, 2.24) is 14.9 Å². The van der Waals surface area contributed by atoms with Crippen LogP contribution in [-0.4, -0.2) is 20.8 Å². The number of aromatic nitrogens is 2. The van der Waals surface area contributed by atoms with Crippen molar-refractivity contribution in [2.24, 2.45) is 0 Å². The van der Waals surface area contributed by atoms with Gasteiger partial charge in [0, 0.05) is 24.7 Å². The third-order valence-corrected chi connectivity index (χ3v) is 4.74. The number of likely N-dealkylation sites (tertiary alicyclic amines) is 1. The highest BCUT2D eigenvalue weighted by Gasteiger charge is 2.31. The van der Waals surface area contributed by atoms with Crippen LogP contribution in [0, 0.1) is 0 Å². The van der Waals surface area contributed by atoms with Crippen molar-refractivity contribution in [2.75, 3.05) is 0 Å². The first-order valence-corrected chi connectivity index (χ1v) is 8.75. The zero-order valence-electron chi connectivity index (χ0n) is 14.1. The molecule has 1 unspecified atom stereocenters. The van der Waals surface area contributed by atoms with Gasteiger partial charge in [-0.05, 0) is 18.4 Å². The smallest absolute Gasteiger partial charge is 0.223 e. The zero-order valence-corrected chi connectivity index (χ0v) is 14.1. The number of piperidine rings is 1. The van der Waals surface area contributed by atoms with E-state index in [4.69, 9.17) is 4.98 Å². The molecule has 4 rings (SSSR count). The fourth-order valence-corrected chi connectivity index (χ4v) is 3.45. The van der Waals surface area contributed by atoms with E-state index in [0.717, 1.165) is 35.5 Å². The average molecular weight is 331 g/mol. The number of nitrogens with one attached hydrogen (secondary N) is 1. The third-order valence-electron chi connectivity index (χ3n) is 4.74. The summed E-state index contributed by atoms with van der Waals surface area (Å²) in [5.41, 5.74) is 3.16. The number of hydrogen-bond donors (Lipinski definition) is 1. The molecule has 0 spiro atoms. The van der Waals surface area contributed by atoms with Crippen LogP contribution >= 0.6 is 0 Å². The molecule has 0 saturated carbocycles. The van der Waals surface area contributed by atoms with E-state index in [2.05, 4.69) is 17.1 Å². The van der Waals surface area contributed by atoms with Gasteiger partial charge in [0.15, 0.2) is 0 Å². The molecule has 1 N–H and O–H groups in total. The monoisotopic (exact) mass is 331 g/mol. The van der Waals surface area contributed by atoms with Crippen molar-refractivity contribution < 1.29 is 4.79 Å². The predicted octanol–water partition coefficient (Wildman–Crippen LogP) is 4.33. The Morgan fingerprint density at radius 1 is 1.04 bits per heavy atom. The Balaban J connectivity index is 1.61. The molecule has 1 atom stereocenters. The zero-order chi connectivity index (χ0) is 17.1. The van der Waals surface area contributed by atoms with Crippen LogP contribution in [0.5, 0.6) is 0 Å². The van der Waals surface area contributed by atoms with E-state index in [1.807, 2.05) is 59.6 Å². The summed E-state index contributed by atoms with van der Waals surface area (Å²) in [4.78, 5) is 22.6. The number of H-pyrrole nitrogens is 1. The van der Waals surface area contributed by atoms with Crippen LogP contribution < -0.4 is 0 Å². The van der Waals surface area contributed by atoms with Crippen LogP contribution in [0.3, 0.4) is 0 Å². The molecule has 25 heavy (non-hydrogen) atoms. The van der Waals surface area contributed by atoms with Gasteiger partial charge in [-0.2, -0.15) is 0 Å². The van der Waals surface area contributed by atoms with Gasteiger partial charge >= 0.3 is 0 Å². The normalized spacial score (nSPS) is 17.7. The summed E-state index contributed by atoms with van der Waals surface area (Å²) < 4.78 is 0. The minimum atomic E-state index is 0.0129. The summed E-state index contributed by atoms with van der Waals surface area (Å²) in [5.74, 6) is 1.08. The summed E-state index contributed by atoms with van der Waals surface area (Å²) in [6.07, 6.45) is 4.41. The third kappa shape index (κ3) is 3.33. The Bertz CT molecular complexity index is 842. The van der Waals surface area contributed by atoms with Crippen molar-refractivity contribution in [3.63, 3.8) is 0 Å². The predicted molar refractivity (Wildman–Crippen MR) is 97.6 cm³/mol. The summed E-state index contributed by atoms with van der Waals surface area (Å²) in [6, 6.07) is 20.3. The lowest BCUT2D eigenvalue weighted by Crippen LogP contribution is -2.38. The summed E-state index contributed by atoms with van der Waals surface area (Å²) in [6.45, 7) is 0.631. The van der Waals surface area contributed by atoms with Gasteiger partial charge in [0.2, 0.25) is 5.91 Å². The van der Waals surface area contributed by atoms with E-state index < -0.39 is 0 Å². The van der Waals surface area contributed by atoms with E-state index in [1.165, 1.54) is 0 Å². The Kier molecular flexibility index (Phi) is 4.34. The average Bonchev–Trinajstić information content (AvgIpc) is 3.15. The second kappa shape index (κ2) is 6.93. The van der Waals surface area contributed by atoms with Gasteiger partial charge in [-0.25, -0.2) is 4.98 Å². The van der Waals surface area contributed by atoms with E-state index >= 15 is 0 Å². The SMILES string of the molecule is O=C1CCCC(c2nc(-c3ccccc3)c[nH]2)N1Cc1ccccc1. The number of imidazole rings is 1. The maximum atomic E-state index is 12.5. The number of rotatable bonds is 4. The number of aromatic amines is 1. The molecule has 4 heteroatoms. The first kappa shape index (κ1) is 15.6. The maximum Gasteiger partial charge on any atom is 0.223 e. The first-order chi connectivity index (χ1) is 12.3. The molecule has 126 valence electrons. The summed E-state index contributed by atoms with van der Waals surface area (Å²) >= 11 is 0. The lowest BCUT2D eigenvalue weighted by atomic mass is 10.00. The molecule has 3 aromatic rings. The van der Waals surface area contributed by atoms with E-state index in [9.17, 15) is 4.79 Å². The minimum Gasteiger partial charge on any atom is -0.346 e. The molecule has 1 fully saturated rings. The van der Waals surface area contributed by atoms with Gasteiger partial charge in [0.05, 0.1) is 11.7 Å². The molecule has 2 aromatic carbocycles. The largest absolute Gasteiger partial charge is 0.346 e. The highest BCUT2D eigenvalue weighted by atomic mass is 16.2. The summed E-state index contributed by atoms with van der Waals surface area (Å²) in [5, 5.41) is 0. The van der Waals surface area contributed by atoms with Crippen molar-refractivity contribution in [3.05, 3.63) is 78.2 Å². The molecule has 0 radical (unpaired) electrons. The number of nitrogens with zero attached hydrogens (tertiary/aromatic N) is 2. The lowest BCUT2D eigenvalue weighted by molar-refractivity contribution is -0.137. The van der Waals surface area contributed by atoms with Crippen LogP contribution in [0.2, 0.25) is 0 Å². The molecule has 1 aliphatic heterocycles. The molecule has 1 aliphatic rings. The Hall–Kier alpha value is -2.88. The van der Waals surface area contributed by atoms with Crippen LogP contribution in [0.15, 0.2) is 66.9 Å². The molecule has 1 amide bonds. The lowest BCUT2D eigenvalue weighted by Gasteiger charge is -2.34. The second-order valence-corrected chi connectivity index (χ2v) is 6.45. The topological polar surface area (TPSA) is 49.0 Å². The highest BCUT2D eigenvalue weighted by Crippen LogP contribution is 2.32. The van der Waals surface area contributed by atoms with Crippen molar-refractivity contribution in [3.8, 4) is 11.3 Å². The van der Waals surface area contributed by atoms with Crippen LogP contribution in [0.25, 0.3) is 11.3 Å². The Morgan fingerprint density at radius 2 is 1.76 bits per heavy atom. The highest BCUT2D eigenvalue weighted by molar-refractivity contribution is 5.77. The van der Waals surface area contributed by atoms with Gasteiger partial charge in [-0.1, -0.05) is 60.7 Å². The van der Waals surface area contributed by atoms with Crippen molar-refractivity contribution >= 4 is 5.91 Å². The second-order valence-electron chi connectivity index (χ2n) is 6.45. The van der Waals surface area contributed by atoms with E-state index in [1.54, 1.807) is 0 Å². The molecule has 0 aliphatic carbocycles. The minimum absolute atomic E-state index is 0.0129. The number of amides is 1. The van der Waals surface area contributed by atoms with Crippen LogP contribution in [0.4, 0.5) is 0 Å². The quantitative estimate of drug-likeness (QED) is 0.773. The Labute approximate surface area is 147 Å². The number of hydrogen-bond acceptors (Lipinski definition) is 2. The number of carbonyl (C=O) groups excluding carboxylic acids is 1. The van der Waals surface area contributed by atoms with Crippen molar-refractivity contribution in [2.45, 2.75) is 31.8 Å². The van der Waals surface area contributed by atoms with Gasteiger partial charge < -0.3 is 9.88 Å². The Morgan fingerprint density at radius 3 is 2.52 bits per heavy atom. The molecule has 4 nitrogen and oxygen atoms in total. The number of benzene rings is 2. The van der Waals surface area contributed by atoms with Gasteiger partial charge in [-0.15, -0.1) is 0 Å². The van der Waals surface area contributed by atoms with Crippen molar-refractivity contribution in [1.29, 1.82) is 0 Å². The fourth-order valence-electron chi connectivity index (χ4n) is 3.45. The van der Waals surface area contributed by atoms with Gasteiger partial charge in [-0.3, -0.25) is 4.79 Å².